The minimum Gasteiger partial charge on any atom is -0.465 e. The molecule has 0 aliphatic rings. The highest BCUT2D eigenvalue weighted by atomic mass is 16.5. The van der Waals surface area contributed by atoms with Crippen LogP contribution in [-0.2, 0) is 14.3 Å². The van der Waals surface area contributed by atoms with Crippen molar-refractivity contribution in [2.24, 2.45) is 5.41 Å². The van der Waals surface area contributed by atoms with Gasteiger partial charge in [0.1, 0.15) is 5.78 Å². The van der Waals surface area contributed by atoms with E-state index in [9.17, 15) is 9.59 Å². The highest BCUT2D eigenvalue weighted by Crippen LogP contribution is 2.22. The van der Waals surface area contributed by atoms with Crippen molar-refractivity contribution < 1.29 is 14.3 Å². The number of hydrogen-bond acceptors (Lipinski definition) is 3. The third-order valence-corrected chi connectivity index (χ3v) is 1.97. The monoisotopic (exact) mass is 200 g/mol. The molecule has 0 rings (SSSR count). The Hall–Kier alpha value is -0.860. The first kappa shape index (κ1) is 13.1. The zero-order chi connectivity index (χ0) is 11.2. The smallest absolute Gasteiger partial charge is 0.311 e. The fourth-order valence-electron chi connectivity index (χ4n) is 1.20. The number of esters is 1. The first-order valence-corrected chi connectivity index (χ1v) is 5.07. The molecule has 0 bridgehead atoms. The van der Waals surface area contributed by atoms with E-state index < -0.39 is 5.41 Å². The van der Waals surface area contributed by atoms with Gasteiger partial charge in [-0.2, -0.15) is 0 Å². The van der Waals surface area contributed by atoms with E-state index in [1.165, 1.54) is 6.92 Å². The Labute approximate surface area is 85.8 Å². The van der Waals surface area contributed by atoms with Gasteiger partial charge in [0.25, 0.3) is 0 Å². The molecule has 0 spiro atoms. The fraction of sp³-hybridized carbons (Fsp3) is 0.818. The van der Waals surface area contributed by atoms with Gasteiger partial charge in [-0.15, -0.1) is 0 Å². The third kappa shape index (κ3) is 5.00. The van der Waals surface area contributed by atoms with Crippen LogP contribution in [0.1, 0.15) is 47.0 Å². The molecule has 0 N–H and O–H groups in total. The molecule has 0 amide bonds. The van der Waals surface area contributed by atoms with Crippen LogP contribution >= 0.6 is 0 Å². The lowest BCUT2D eigenvalue weighted by molar-refractivity contribution is -0.155. The van der Waals surface area contributed by atoms with Crippen molar-refractivity contribution >= 4 is 11.8 Å². The summed E-state index contributed by atoms with van der Waals surface area (Å²) < 4.78 is 5.06. The first-order chi connectivity index (χ1) is 6.40. The van der Waals surface area contributed by atoms with Gasteiger partial charge in [-0.3, -0.25) is 9.59 Å². The summed E-state index contributed by atoms with van der Waals surface area (Å²) >= 11 is 0. The molecule has 0 unspecified atom stereocenters. The SMILES string of the molecule is CCCCOC(=O)C(C)(C)CC(C)=O. The largest absolute Gasteiger partial charge is 0.465 e. The molecule has 0 aliphatic carbocycles. The second kappa shape index (κ2) is 5.78. The summed E-state index contributed by atoms with van der Waals surface area (Å²) in [6, 6.07) is 0. The maximum Gasteiger partial charge on any atom is 0.311 e. The summed E-state index contributed by atoms with van der Waals surface area (Å²) in [7, 11) is 0. The third-order valence-electron chi connectivity index (χ3n) is 1.97. The molecule has 0 aromatic heterocycles. The summed E-state index contributed by atoms with van der Waals surface area (Å²) in [5, 5.41) is 0. The van der Waals surface area contributed by atoms with Crippen LogP contribution < -0.4 is 0 Å². The number of hydrogen-bond donors (Lipinski definition) is 0. The second-order valence-electron chi connectivity index (χ2n) is 4.25. The summed E-state index contributed by atoms with van der Waals surface area (Å²) in [5.74, 6) is -0.261. The number of carbonyl (C=O) groups excluding carboxylic acids is 2. The summed E-state index contributed by atoms with van der Waals surface area (Å²) in [5.41, 5.74) is -0.681. The molecule has 0 saturated carbocycles. The summed E-state index contributed by atoms with van der Waals surface area (Å²) in [6.45, 7) is 7.46. The van der Waals surface area contributed by atoms with Crippen molar-refractivity contribution in [2.75, 3.05) is 6.61 Å². The Balaban J connectivity index is 4.01. The van der Waals surface area contributed by atoms with Crippen molar-refractivity contribution in [2.45, 2.75) is 47.0 Å². The lowest BCUT2D eigenvalue weighted by atomic mass is 9.88. The summed E-state index contributed by atoms with van der Waals surface area (Å²) in [6.07, 6.45) is 2.13. The average Bonchev–Trinajstić information content (AvgIpc) is 2.02. The van der Waals surface area contributed by atoms with E-state index in [0.29, 0.717) is 6.61 Å². The minimum absolute atomic E-state index is 0.0161. The standard InChI is InChI=1S/C11H20O3/c1-5-6-7-14-10(13)11(3,4)8-9(2)12/h5-8H2,1-4H3. The number of unbranched alkanes of at least 4 members (excludes halogenated alkanes) is 1. The van der Waals surface area contributed by atoms with E-state index in [2.05, 4.69) is 0 Å². The molecule has 0 saturated heterocycles. The molecule has 3 nitrogen and oxygen atoms in total. The van der Waals surface area contributed by atoms with Crippen LogP contribution in [0.15, 0.2) is 0 Å². The van der Waals surface area contributed by atoms with Crippen LogP contribution in [0, 0.1) is 5.41 Å². The molecular weight excluding hydrogens is 180 g/mol. The second-order valence-corrected chi connectivity index (χ2v) is 4.25. The molecular formula is C11H20O3. The Morgan fingerprint density at radius 2 is 1.86 bits per heavy atom. The molecule has 0 aromatic rings. The maximum absolute atomic E-state index is 11.5. The van der Waals surface area contributed by atoms with E-state index in [-0.39, 0.29) is 18.2 Å². The number of Topliss-reactive ketones (excluding diaryl/α,β-unsaturated/α-hetero) is 1. The van der Waals surface area contributed by atoms with Crippen LogP contribution in [0.4, 0.5) is 0 Å². The van der Waals surface area contributed by atoms with Gasteiger partial charge in [0.2, 0.25) is 0 Å². The molecule has 3 heteroatoms. The van der Waals surface area contributed by atoms with Crippen LogP contribution in [0.2, 0.25) is 0 Å². The molecule has 0 fully saturated rings. The van der Waals surface area contributed by atoms with Crippen molar-refractivity contribution in [3.05, 3.63) is 0 Å². The van der Waals surface area contributed by atoms with Crippen molar-refractivity contribution in [1.29, 1.82) is 0 Å². The van der Waals surface area contributed by atoms with Gasteiger partial charge in [0.15, 0.2) is 0 Å². The van der Waals surface area contributed by atoms with E-state index in [4.69, 9.17) is 4.74 Å². The Kier molecular flexibility index (Phi) is 5.43. The molecule has 14 heavy (non-hydrogen) atoms. The lowest BCUT2D eigenvalue weighted by Gasteiger charge is -2.20. The lowest BCUT2D eigenvalue weighted by Crippen LogP contribution is -2.29. The van der Waals surface area contributed by atoms with Gasteiger partial charge in [-0.05, 0) is 27.2 Å². The van der Waals surface area contributed by atoms with Gasteiger partial charge in [-0.25, -0.2) is 0 Å². The highest BCUT2D eigenvalue weighted by Gasteiger charge is 2.30. The molecule has 0 heterocycles. The minimum atomic E-state index is -0.681. The van der Waals surface area contributed by atoms with Crippen LogP contribution in [0.25, 0.3) is 0 Å². The van der Waals surface area contributed by atoms with Gasteiger partial charge in [0, 0.05) is 6.42 Å². The topological polar surface area (TPSA) is 43.4 Å². The van der Waals surface area contributed by atoms with Gasteiger partial charge >= 0.3 is 5.97 Å². The quantitative estimate of drug-likeness (QED) is 0.488. The predicted octanol–water partition coefficient (Wildman–Crippen LogP) is 2.33. The van der Waals surface area contributed by atoms with Crippen molar-refractivity contribution in [3.8, 4) is 0 Å². The van der Waals surface area contributed by atoms with Crippen molar-refractivity contribution in [3.63, 3.8) is 0 Å². The van der Waals surface area contributed by atoms with Gasteiger partial charge < -0.3 is 4.74 Å². The zero-order valence-corrected chi connectivity index (χ0v) is 9.55. The van der Waals surface area contributed by atoms with Gasteiger partial charge in [-0.1, -0.05) is 13.3 Å². The van der Waals surface area contributed by atoms with E-state index in [1.54, 1.807) is 13.8 Å². The Bertz CT molecular complexity index is 207. The number of ether oxygens (including phenoxy) is 1. The molecule has 0 aliphatic heterocycles. The van der Waals surface area contributed by atoms with Gasteiger partial charge in [0.05, 0.1) is 12.0 Å². The average molecular weight is 200 g/mol. The Morgan fingerprint density at radius 3 is 2.29 bits per heavy atom. The van der Waals surface area contributed by atoms with E-state index in [1.807, 2.05) is 6.92 Å². The molecule has 0 atom stereocenters. The first-order valence-electron chi connectivity index (χ1n) is 5.07. The normalized spacial score (nSPS) is 11.1. The Morgan fingerprint density at radius 1 is 1.29 bits per heavy atom. The predicted molar refractivity (Wildman–Crippen MR) is 54.9 cm³/mol. The zero-order valence-electron chi connectivity index (χ0n) is 9.55. The summed E-state index contributed by atoms with van der Waals surface area (Å²) in [4.78, 5) is 22.4. The molecule has 82 valence electrons. The fourth-order valence-corrected chi connectivity index (χ4v) is 1.20. The number of rotatable bonds is 6. The number of ketones is 1. The van der Waals surface area contributed by atoms with E-state index in [0.717, 1.165) is 12.8 Å². The maximum atomic E-state index is 11.5. The molecule has 0 radical (unpaired) electrons. The van der Waals surface area contributed by atoms with Crippen LogP contribution in [0.3, 0.4) is 0 Å². The highest BCUT2D eigenvalue weighted by molar-refractivity contribution is 5.85. The van der Waals surface area contributed by atoms with Crippen molar-refractivity contribution in [1.82, 2.24) is 0 Å². The number of carbonyl (C=O) groups is 2. The van der Waals surface area contributed by atoms with Crippen LogP contribution in [-0.4, -0.2) is 18.4 Å². The van der Waals surface area contributed by atoms with E-state index >= 15 is 0 Å². The molecule has 0 aromatic carbocycles. The van der Waals surface area contributed by atoms with Crippen LogP contribution in [0.5, 0.6) is 0 Å².